The van der Waals surface area contributed by atoms with Crippen LogP contribution in [-0.4, -0.2) is 68.0 Å². The molecule has 0 bridgehead atoms. The number of aromatic nitrogens is 2. The Bertz CT molecular complexity index is 543. The van der Waals surface area contributed by atoms with E-state index in [1.807, 2.05) is 0 Å². The van der Waals surface area contributed by atoms with E-state index in [2.05, 4.69) is 10.3 Å². The van der Waals surface area contributed by atoms with Crippen LogP contribution in [0.1, 0.15) is 16.9 Å². The third-order valence-corrected chi connectivity index (χ3v) is 2.77. The largest absolute Gasteiger partial charge is 0.480 e. The molecule has 0 fully saturated rings. The normalized spacial score (nSPS) is 13.4. The first-order chi connectivity index (χ1) is 10.4. The number of carbonyl (C=O) groups excluding carboxylic acids is 2. The van der Waals surface area contributed by atoms with Gasteiger partial charge >= 0.3 is 5.97 Å². The molecule has 0 radical (unpaired) electrons. The fourth-order valence-corrected chi connectivity index (χ4v) is 1.65. The molecule has 6 N–H and O–H groups in total. The van der Waals surface area contributed by atoms with Crippen molar-refractivity contribution in [3.8, 4) is 0 Å². The average Bonchev–Trinajstić information content (AvgIpc) is 2.93. The van der Waals surface area contributed by atoms with Crippen molar-refractivity contribution >= 4 is 17.8 Å². The minimum absolute atomic E-state index is 0.000596. The topological polar surface area (TPSA) is 168 Å². The summed E-state index contributed by atoms with van der Waals surface area (Å²) in [6, 6.07) is -1.21. The van der Waals surface area contributed by atoms with Gasteiger partial charge in [-0.3, -0.25) is 14.2 Å². The molecule has 0 aliphatic carbocycles. The summed E-state index contributed by atoms with van der Waals surface area (Å²) in [7, 11) is 0. The molecular weight excluding hydrogens is 296 g/mol. The Balaban J connectivity index is 2.75. The van der Waals surface area contributed by atoms with Gasteiger partial charge in [0.05, 0.1) is 12.3 Å². The van der Waals surface area contributed by atoms with Crippen molar-refractivity contribution in [2.75, 3.05) is 13.2 Å². The zero-order chi connectivity index (χ0) is 16.7. The predicted octanol–water partition coefficient (Wildman–Crippen LogP) is -2.66. The lowest BCUT2D eigenvalue weighted by Gasteiger charge is -2.12. The molecule has 2 unspecified atom stereocenters. The monoisotopic (exact) mass is 314 g/mol. The van der Waals surface area contributed by atoms with Gasteiger partial charge < -0.3 is 26.4 Å². The van der Waals surface area contributed by atoms with Gasteiger partial charge in [-0.2, -0.15) is 0 Å². The van der Waals surface area contributed by atoms with Crippen molar-refractivity contribution in [2.24, 2.45) is 5.73 Å². The van der Waals surface area contributed by atoms with Gasteiger partial charge in [0.15, 0.2) is 6.10 Å². The number of carboxylic acids is 1. The molecule has 1 heterocycles. The first kappa shape index (κ1) is 17.8. The van der Waals surface area contributed by atoms with Crippen LogP contribution in [-0.2, 0) is 16.0 Å². The number of carboxylic acid groups (broad SMARTS) is 1. The lowest BCUT2D eigenvalue weighted by Crippen LogP contribution is -2.42. The fourth-order valence-electron chi connectivity index (χ4n) is 1.65. The number of hydrogen-bond acceptors (Lipinski definition) is 7. The van der Waals surface area contributed by atoms with Crippen molar-refractivity contribution in [3.63, 3.8) is 0 Å². The average molecular weight is 314 g/mol. The van der Waals surface area contributed by atoms with E-state index in [0.717, 1.165) is 10.9 Å². The zero-order valence-electron chi connectivity index (χ0n) is 11.7. The molecule has 0 aliphatic heterocycles. The SMILES string of the molecule is NCCC(=O)NC(Cc1cn(C(=O)C(O)CO)cn1)C(=O)O. The van der Waals surface area contributed by atoms with Gasteiger partial charge in [-0.25, -0.2) is 9.78 Å². The van der Waals surface area contributed by atoms with Crippen molar-refractivity contribution < 1.29 is 29.7 Å². The van der Waals surface area contributed by atoms with E-state index in [-0.39, 0.29) is 25.1 Å². The summed E-state index contributed by atoms with van der Waals surface area (Å²) in [6.07, 6.45) is 0.603. The highest BCUT2D eigenvalue weighted by molar-refractivity contribution is 5.84. The van der Waals surface area contributed by atoms with E-state index in [1.165, 1.54) is 6.20 Å². The quantitative estimate of drug-likeness (QED) is 0.346. The van der Waals surface area contributed by atoms with Crippen LogP contribution in [0.2, 0.25) is 0 Å². The molecule has 10 nitrogen and oxygen atoms in total. The molecule has 1 amide bonds. The zero-order valence-corrected chi connectivity index (χ0v) is 11.7. The summed E-state index contributed by atoms with van der Waals surface area (Å²) in [5.74, 6) is -2.54. The number of amides is 1. The summed E-state index contributed by atoms with van der Waals surface area (Å²) >= 11 is 0. The molecule has 22 heavy (non-hydrogen) atoms. The first-order valence-corrected chi connectivity index (χ1v) is 6.47. The highest BCUT2D eigenvalue weighted by atomic mass is 16.4. The minimum atomic E-state index is -1.58. The number of nitrogens with two attached hydrogens (primary N) is 1. The lowest BCUT2D eigenvalue weighted by molar-refractivity contribution is -0.141. The van der Waals surface area contributed by atoms with E-state index >= 15 is 0 Å². The van der Waals surface area contributed by atoms with Crippen LogP contribution < -0.4 is 11.1 Å². The molecule has 0 aromatic carbocycles. The second-order valence-electron chi connectivity index (χ2n) is 4.51. The third-order valence-electron chi connectivity index (χ3n) is 2.77. The summed E-state index contributed by atoms with van der Waals surface area (Å²) in [4.78, 5) is 37.9. The van der Waals surface area contributed by atoms with Crippen molar-refractivity contribution in [2.45, 2.75) is 25.0 Å². The molecule has 0 aliphatic rings. The van der Waals surface area contributed by atoms with Gasteiger partial charge in [0.25, 0.3) is 5.91 Å². The molecule has 1 rings (SSSR count). The van der Waals surface area contributed by atoms with Gasteiger partial charge in [-0.15, -0.1) is 0 Å². The molecule has 0 spiro atoms. The van der Waals surface area contributed by atoms with E-state index in [9.17, 15) is 19.5 Å². The Kier molecular flexibility index (Phi) is 6.63. The number of hydrogen-bond donors (Lipinski definition) is 5. The van der Waals surface area contributed by atoms with E-state index in [1.54, 1.807) is 0 Å². The maximum atomic E-state index is 11.6. The number of imidazole rings is 1. The maximum Gasteiger partial charge on any atom is 0.326 e. The van der Waals surface area contributed by atoms with Crippen LogP contribution >= 0.6 is 0 Å². The van der Waals surface area contributed by atoms with Gasteiger partial charge in [0.1, 0.15) is 12.4 Å². The summed E-state index contributed by atoms with van der Waals surface area (Å²) in [6.45, 7) is -0.639. The second-order valence-corrected chi connectivity index (χ2v) is 4.51. The third kappa shape index (κ3) is 4.91. The molecule has 0 saturated heterocycles. The van der Waals surface area contributed by atoms with Crippen LogP contribution in [0.25, 0.3) is 0 Å². The molecule has 10 heteroatoms. The second kappa shape index (κ2) is 8.22. The van der Waals surface area contributed by atoms with Gasteiger partial charge in [-0.1, -0.05) is 0 Å². The maximum absolute atomic E-state index is 11.6. The molecule has 122 valence electrons. The number of aliphatic carboxylic acids is 1. The molecule has 1 aromatic heterocycles. The number of carbonyl (C=O) groups is 3. The standard InChI is InChI=1S/C12H18N4O6/c13-2-1-10(19)15-8(12(21)22)3-7-4-16(6-14-7)11(20)9(18)5-17/h4,6,8-9,17-18H,1-3,5,13H2,(H,15,19)(H,21,22). The van der Waals surface area contributed by atoms with Crippen LogP contribution in [0.15, 0.2) is 12.5 Å². The van der Waals surface area contributed by atoms with E-state index in [4.69, 9.17) is 15.9 Å². The summed E-state index contributed by atoms with van der Waals surface area (Å²) in [5.41, 5.74) is 5.44. The predicted molar refractivity (Wildman–Crippen MR) is 72.9 cm³/mol. The Labute approximate surface area is 125 Å². The number of aliphatic hydroxyl groups is 2. The van der Waals surface area contributed by atoms with Crippen LogP contribution in [0.3, 0.4) is 0 Å². The number of aliphatic hydroxyl groups excluding tert-OH is 2. The summed E-state index contributed by atoms with van der Waals surface area (Å²) < 4.78 is 0.941. The van der Waals surface area contributed by atoms with E-state index in [0.29, 0.717) is 0 Å². The molecule has 2 atom stereocenters. The molecule has 1 aromatic rings. The Morgan fingerprint density at radius 1 is 1.41 bits per heavy atom. The van der Waals surface area contributed by atoms with Gasteiger partial charge in [0, 0.05) is 25.6 Å². The minimum Gasteiger partial charge on any atom is -0.480 e. The molecular formula is C12H18N4O6. The van der Waals surface area contributed by atoms with Crippen molar-refractivity contribution in [1.82, 2.24) is 14.9 Å². The Morgan fingerprint density at radius 3 is 2.64 bits per heavy atom. The number of nitrogens with one attached hydrogen (secondary N) is 1. The van der Waals surface area contributed by atoms with Gasteiger partial charge in [-0.05, 0) is 0 Å². The van der Waals surface area contributed by atoms with Crippen molar-refractivity contribution in [3.05, 3.63) is 18.2 Å². The van der Waals surface area contributed by atoms with E-state index < -0.39 is 36.5 Å². The number of nitrogens with zero attached hydrogens (tertiary/aromatic N) is 2. The fraction of sp³-hybridized carbons (Fsp3) is 0.500. The number of rotatable bonds is 8. The first-order valence-electron chi connectivity index (χ1n) is 6.47. The highest BCUT2D eigenvalue weighted by Crippen LogP contribution is 2.03. The highest BCUT2D eigenvalue weighted by Gasteiger charge is 2.22. The lowest BCUT2D eigenvalue weighted by atomic mass is 10.1. The van der Waals surface area contributed by atoms with Crippen molar-refractivity contribution in [1.29, 1.82) is 0 Å². The van der Waals surface area contributed by atoms with Crippen LogP contribution in [0.4, 0.5) is 0 Å². The summed E-state index contributed by atoms with van der Waals surface area (Å²) in [5, 5.41) is 29.3. The Hall–Kier alpha value is -2.30. The Morgan fingerprint density at radius 2 is 2.09 bits per heavy atom. The van der Waals surface area contributed by atoms with Crippen LogP contribution in [0.5, 0.6) is 0 Å². The smallest absolute Gasteiger partial charge is 0.326 e. The molecule has 0 saturated carbocycles. The van der Waals surface area contributed by atoms with Crippen LogP contribution in [0, 0.1) is 0 Å². The van der Waals surface area contributed by atoms with Gasteiger partial charge in [0.2, 0.25) is 5.91 Å².